The highest BCUT2D eigenvalue weighted by Crippen LogP contribution is 2.29. The van der Waals surface area contributed by atoms with Crippen molar-refractivity contribution in [3.63, 3.8) is 0 Å². The number of anilines is 2. The van der Waals surface area contributed by atoms with Crippen molar-refractivity contribution in [2.45, 2.75) is 4.90 Å². The Labute approximate surface area is 172 Å². The molecule has 0 aliphatic heterocycles. The molecule has 0 saturated heterocycles. The molecule has 0 unspecified atom stereocenters. The van der Waals surface area contributed by atoms with Crippen LogP contribution in [-0.4, -0.2) is 31.8 Å². The van der Waals surface area contributed by atoms with Gasteiger partial charge in [0.25, 0.3) is 5.91 Å². The number of ether oxygens (including phenoxy) is 2. The molecule has 0 saturated carbocycles. The van der Waals surface area contributed by atoms with Gasteiger partial charge in [-0.3, -0.25) is 9.59 Å². The normalized spacial score (nSPS) is 10.3. The fourth-order valence-electron chi connectivity index (χ4n) is 2.48. The molecular weight excluding hydrogens is 392 g/mol. The molecule has 29 heavy (non-hydrogen) atoms. The number of methoxy groups -OCH3 is 2. The standard InChI is InChI=1S/C21H20N2O5S/c1-26-15-7-10-18(27-2)17(12-15)23-20(24)13-29-16-8-5-14(6-9-16)22-21(25)19-4-3-11-28-19/h3-12H,13H2,1-2H3,(H,22,25)(H,23,24). The van der Waals surface area contributed by atoms with E-state index in [4.69, 9.17) is 13.9 Å². The van der Waals surface area contributed by atoms with Crippen LogP contribution in [0.15, 0.2) is 70.2 Å². The van der Waals surface area contributed by atoms with Crippen molar-refractivity contribution in [1.29, 1.82) is 0 Å². The van der Waals surface area contributed by atoms with Gasteiger partial charge in [0.1, 0.15) is 11.5 Å². The van der Waals surface area contributed by atoms with Crippen LogP contribution in [0.5, 0.6) is 11.5 Å². The zero-order chi connectivity index (χ0) is 20.6. The van der Waals surface area contributed by atoms with Crippen LogP contribution in [0.1, 0.15) is 10.6 Å². The van der Waals surface area contributed by atoms with Crippen LogP contribution in [0.4, 0.5) is 11.4 Å². The van der Waals surface area contributed by atoms with Gasteiger partial charge in [-0.15, -0.1) is 11.8 Å². The highest BCUT2D eigenvalue weighted by molar-refractivity contribution is 8.00. The van der Waals surface area contributed by atoms with E-state index in [2.05, 4.69) is 10.6 Å². The van der Waals surface area contributed by atoms with E-state index < -0.39 is 0 Å². The smallest absolute Gasteiger partial charge is 0.291 e. The molecule has 150 valence electrons. The minimum Gasteiger partial charge on any atom is -0.497 e. The first-order valence-electron chi connectivity index (χ1n) is 8.68. The Morgan fingerprint density at radius 1 is 1.00 bits per heavy atom. The highest BCUT2D eigenvalue weighted by atomic mass is 32.2. The molecule has 7 nitrogen and oxygen atoms in total. The Morgan fingerprint density at radius 3 is 2.45 bits per heavy atom. The maximum Gasteiger partial charge on any atom is 0.291 e. The molecule has 0 bridgehead atoms. The first-order chi connectivity index (χ1) is 14.1. The van der Waals surface area contributed by atoms with Crippen molar-refractivity contribution in [1.82, 2.24) is 0 Å². The Kier molecular flexibility index (Phi) is 6.80. The van der Waals surface area contributed by atoms with Crippen LogP contribution in [0.3, 0.4) is 0 Å². The van der Waals surface area contributed by atoms with Crippen LogP contribution in [0.2, 0.25) is 0 Å². The maximum absolute atomic E-state index is 12.3. The van der Waals surface area contributed by atoms with Gasteiger partial charge in [0.2, 0.25) is 5.91 Å². The Hall–Kier alpha value is -3.39. The molecule has 0 radical (unpaired) electrons. The highest BCUT2D eigenvalue weighted by Gasteiger charge is 2.11. The number of nitrogens with one attached hydrogen (secondary N) is 2. The molecular formula is C21H20N2O5S. The Morgan fingerprint density at radius 2 is 1.79 bits per heavy atom. The molecule has 1 heterocycles. The Bertz CT molecular complexity index is 971. The largest absolute Gasteiger partial charge is 0.497 e. The molecule has 0 aliphatic carbocycles. The van der Waals surface area contributed by atoms with Gasteiger partial charge in [-0.1, -0.05) is 0 Å². The van der Waals surface area contributed by atoms with Crippen LogP contribution in [0, 0.1) is 0 Å². The molecule has 0 atom stereocenters. The second kappa shape index (κ2) is 9.70. The van der Waals surface area contributed by atoms with E-state index in [1.165, 1.54) is 18.0 Å². The number of rotatable bonds is 8. The molecule has 0 aliphatic rings. The molecule has 1 aromatic heterocycles. The lowest BCUT2D eigenvalue weighted by atomic mass is 10.2. The summed E-state index contributed by atoms with van der Waals surface area (Å²) in [4.78, 5) is 25.2. The third-order valence-electron chi connectivity index (χ3n) is 3.91. The van der Waals surface area contributed by atoms with Gasteiger partial charge in [-0.2, -0.15) is 0 Å². The number of benzene rings is 2. The van der Waals surface area contributed by atoms with E-state index in [-0.39, 0.29) is 23.3 Å². The zero-order valence-corrected chi connectivity index (χ0v) is 16.7. The van der Waals surface area contributed by atoms with Gasteiger partial charge in [0.15, 0.2) is 5.76 Å². The molecule has 3 aromatic rings. The monoisotopic (exact) mass is 412 g/mol. The first-order valence-corrected chi connectivity index (χ1v) is 9.67. The lowest BCUT2D eigenvalue weighted by Crippen LogP contribution is -2.14. The third kappa shape index (κ3) is 5.55. The predicted octanol–water partition coefficient (Wildman–Crippen LogP) is 4.28. The SMILES string of the molecule is COc1ccc(OC)c(NC(=O)CSc2ccc(NC(=O)c3ccco3)cc2)c1. The molecule has 2 aromatic carbocycles. The van der Waals surface area contributed by atoms with Crippen LogP contribution in [-0.2, 0) is 4.79 Å². The molecule has 2 amide bonds. The van der Waals surface area contributed by atoms with Crippen LogP contribution < -0.4 is 20.1 Å². The fourth-order valence-corrected chi connectivity index (χ4v) is 3.18. The minimum absolute atomic E-state index is 0.170. The summed E-state index contributed by atoms with van der Waals surface area (Å²) in [5.41, 5.74) is 1.19. The van der Waals surface area contributed by atoms with Crippen molar-refractivity contribution in [3.05, 3.63) is 66.6 Å². The number of furan rings is 1. The number of hydrogen-bond donors (Lipinski definition) is 2. The quantitative estimate of drug-likeness (QED) is 0.537. The van der Waals surface area contributed by atoms with Crippen LogP contribution in [0.25, 0.3) is 0 Å². The average Bonchev–Trinajstić information content (AvgIpc) is 3.28. The number of thioether (sulfide) groups is 1. The van der Waals surface area contributed by atoms with Crippen molar-refractivity contribution in [3.8, 4) is 11.5 Å². The molecule has 0 spiro atoms. The van der Waals surface area contributed by atoms with E-state index in [0.29, 0.717) is 22.9 Å². The first kappa shape index (κ1) is 20.3. The molecule has 2 N–H and O–H groups in total. The summed E-state index contributed by atoms with van der Waals surface area (Å²) in [6.07, 6.45) is 1.45. The molecule has 0 fully saturated rings. The summed E-state index contributed by atoms with van der Waals surface area (Å²) in [5, 5.41) is 5.57. The number of carbonyl (C=O) groups excluding carboxylic acids is 2. The van der Waals surface area contributed by atoms with E-state index in [1.807, 2.05) is 12.1 Å². The van der Waals surface area contributed by atoms with Crippen molar-refractivity contribution in [2.75, 3.05) is 30.6 Å². The third-order valence-corrected chi connectivity index (χ3v) is 4.92. The summed E-state index contributed by atoms with van der Waals surface area (Å²) in [6.45, 7) is 0. The lowest BCUT2D eigenvalue weighted by Gasteiger charge is -2.11. The Balaban J connectivity index is 1.53. The van der Waals surface area contributed by atoms with Gasteiger partial charge >= 0.3 is 0 Å². The summed E-state index contributed by atoms with van der Waals surface area (Å²) < 4.78 is 15.5. The van der Waals surface area contributed by atoms with Crippen LogP contribution >= 0.6 is 11.8 Å². The van der Waals surface area contributed by atoms with Gasteiger partial charge in [0, 0.05) is 16.6 Å². The van der Waals surface area contributed by atoms with Gasteiger partial charge in [-0.05, 0) is 48.5 Å². The number of carbonyl (C=O) groups is 2. The van der Waals surface area contributed by atoms with Crippen molar-refractivity contribution >= 4 is 35.0 Å². The van der Waals surface area contributed by atoms with Crippen molar-refractivity contribution < 1.29 is 23.5 Å². The zero-order valence-electron chi connectivity index (χ0n) is 15.9. The predicted molar refractivity (Wildman–Crippen MR) is 112 cm³/mol. The number of hydrogen-bond acceptors (Lipinski definition) is 6. The van der Waals surface area contributed by atoms with E-state index in [0.717, 1.165) is 4.90 Å². The second-order valence-electron chi connectivity index (χ2n) is 5.86. The van der Waals surface area contributed by atoms with E-state index in [9.17, 15) is 9.59 Å². The van der Waals surface area contributed by atoms with Gasteiger partial charge < -0.3 is 24.5 Å². The summed E-state index contributed by atoms with van der Waals surface area (Å²) in [5.74, 6) is 1.16. The average molecular weight is 412 g/mol. The van der Waals surface area contributed by atoms with E-state index in [1.54, 1.807) is 56.7 Å². The topological polar surface area (TPSA) is 89.8 Å². The van der Waals surface area contributed by atoms with E-state index >= 15 is 0 Å². The second-order valence-corrected chi connectivity index (χ2v) is 6.91. The lowest BCUT2D eigenvalue weighted by molar-refractivity contribution is -0.113. The maximum atomic E-state index is 12.3. The molecule has 8 heteroatoms. The van der Waals surface area contributed by atoms with Gasteiger partial charge in [0.05, 0.1) is 31.9 Å². The minimum atomic E-state index is -0.318. The molecule has 3 rings (SSSR count). The fraction of sp³-hybridized carbons (Fsp3) is 0.143. The summed E-state index contributed by atoms with van der Waals surface area (Å²) in [7, 11) is 3.10. The number of amides is 2. The summed E-state index contributed by atoms with van der Waals surface area (Å²) >= 11 is 1.38. The van der Waals surface area contributed by atoms with Gasteiger partial charge in [-0.25, -0.2) is 0 Å². The van der Waals surface area contributed by atoms with Crippen molar-refractivity contribution in [2.24, 2.45) is 0 Å². The summed E-state index contributed by atoms with van der Waals surface area (Å²) in [6, 6.07) is 15.7.